The quantitative estimate of drug-likeness (QED) is 0.784. The van der Waals surface area contributed by atoms with Gasteiger partial charge in [0.25, 0.3) is 0 Å². The van der Waals surface area contributed by atoms with Crippen molar-refractivity contribution in [2.45, 2.75) is 33.9 Å². The van der Waals surface area contributed by atoms with Crippen LogP contribution in [0.2, 0.25) is 0 Å². The van der Waals surface area contributed by atoms with E-state index in [1.807, 2.05) is 0 Å². The van der Waals surface area contributed by atoms with Crippen LogP contribution in [0, 0.1) is 20.8 Å². The minimum atomic E-state index is 0.267. The number of imidazole rings is 1. The molecule has 1 aliphatic rings. The first-order valence-electron chi connectivity index (χ1n) is 6.66. The molecule has 19 heavy (non-hydrogen) atoms. The van der Waals surface area contributed by atoms with Gasteiger partial charge < -0.3 is 0 Å². The number of aryl methyl sites for hydroxylation is 2. The Balaban J connectivity index is 2.19. The SMILES string of the molecule is Cc1ccccc1N1c2nc(C)c(C)n2N(C)[C@@H]1C. The summed E-state index contributed by atoms with van der Waals surface area (Å²) in [6.07, 6.45) is 0.267. The zero-order chi connectivity index (χ0) is 13.7. The normalized spacial score (nSPS) is 18.1. The van der Waals surface area contributed by atoms with Crippen LogP contribution < -0.4 is 9.91 Å². The number of hydrogen-bond acceptors (Lipinski definition) is 3. The third-order valence-electron chi connectivity index (χ3n) is 4.12. The second-order valence-corrected chi connectivity index (χ2v) is 5.26. The highest BCUT2D eigenvalue weighted by Crippen LogP contribution is 2.36. The minimum Gasteiger partial charge on any atom is -0.290 e. The average Bonchev–Trinajstić information content (AvgIpc) is 2.79. The number of rotatable bonds is 1. The van der Waals surface area contributed by atoms with Gasteiger partial charge in [-0.15, -0.1) is 0 Å². The molecule has 0 aliphatic carbocycles. The molecule has 3 rings (SSSR count). The van der Waals surface area contributed by atoms with E-state index in [0.29, 0.717) is 0 Å². The summed E-state index contributed by atoms with van der Waals surface area (Å²) in [7, 11) is 2.11. The Labute approximate surface area is 114 Å². The van der Waals surface area contributed by atoms with Gasteiger partial charge in [-0.1, -0.05) is 18.2 Å². The number of hydrogen-bond donors (Lipinski definition) is 0. The highest BCUT2D eigenvalue weighted by atomic mass is 15.7. The van der Waals surface area contributed by atoms with E-state index in [1.54, 1.807) is 0 Å². The van der Waals surface area contributed by atoms with Gasteiger partial charge in [0.2, 0.25) is 5.95 Å². The molecule has 0 amide bonds. The molecule has 1 aliphatic heterocycles. The summed E-state index contributed by atoms with van der Waals surface area (Å²) in [5.41, 5.74) is 4.80. The number of aromatic nitrogens is 2. The third kappa shape index (κ3) is 1.56. The molecule has 4 nitrogen and oxygen atoms in total. The number of para-hydroxylation sites is 1. The predicted molar refractivity (Wildman–Crippen MR) is 78.6 cm³/mol. The summed E-state index contributed by atoms with van der Waals surface area (Å²) in [4.78, 5) is 7.04. The van der Waals surface area contributed by atoms with Crippen molar-refractivity contribution in [2.75, 3.05) is 17.0 Å². The third-order valence-corrected chi connectivity index (χ3v) is 4.12. The highest BCUT2D eigenvalue weighted by molar-refractivity contribution is 5.66. The number of benzene rings is 1. The molecule has 2 heterocycles. The summed E-state index contributed by atoms with van der Waals surface area (Å²) >= 11 is 0. The number of nitrogens with zero attached hydrogens (tertiary/aromatic N) is 4. The van der Waals surface area contributed by atoms with E-state index in [9.17, 15) is 0 Å². The van der Waals surface area contributed by atoms with E-state index in [0.717, 1.165) is 11.6 Å². The summed E-state index contributed by atoms with van der Waals surface area (Å²) in [5, 5.41) is 2.23. The molecule has 4 heteroatoms. The molecular weight excluding hydrogens is 236 g/mol. The van der Waals surface area contributed by atoms with Crippen LogP contribution in [0.4, 0.5) is 11.6 Å². The van der Waals surface area contributed by atoms with Crippen LogP contribution in [-0.4, -0.2) is 22.9 Å². The van der Waals surface area contributed by atoms with E-state index in [2.05, 4.69) is 73.6 Å². The van der Waals surface area contributed by atoms with Gasteiger partial charge in [-0.2, -0.15) is 0 Å². The van der Waals surface area contributed by atoms with Gasteiger partial charge in [0.05, 0.1) is 11.4 Å². The summed E-state index contributed by atoms with van der Waals surface area (Å²) < 4.78 is 2.20. The molecule has 1 aromatic carbocycles. The van der Waals surface area contributed by atoms with Crippen LogP contribution in [0.25, 0.3) is 0 Å². The van der Waals surface area contributed by atoms with Gasteiger partial charge in [-0.3, -0.25) is 9.91 Å². The van der Waals surface area contributed by atoms with Crippen molar-refractivity contribution < 1.29 is 0 Å². The second kappa shape index (κ2) is 4.02. The fraction of sp³-hybridized carbons (Fsp3) is 0.400. The molecule has 2 aromatic rings. The van der Waals surface area contributed by atoms with Crippen LogP contribution in [-0.2, 0) is 0 Å². The van der Waals surface area contributed by atoms with Crippen molar-refractivity contribution in [1.82, 2.24) is 9.66 Å². The van der Waals surface area contributed by atoms with Crippen molar-refractivity contribution in [3.63, 3.8) is 0 Å². The highest BCUT2D eigenvalue weighted by Gasteiger charge is 2.35. The minimum absolute atomic E-state index is 0.267. The molecule has 1 aromatic heterocycles. The lowest BCUT2D eigenvalue weighted by molar-refractivity contribution is 0.610. The Morgan fingerprint density at radius 2 is 1.79 bits per heavy atom. The Morgan fingerprint density at radius 1 is 1.11 bits per heavy atom. The fourth-order valence-electron chi connectivity index (χ4n) is 2.76. The Morgan fingerprint density at radius 3 is 2.47 bits per heavy atom. The molecule has 1 atom stereocenters. The lowest BCUT2D eigenvalue weighted by atomic mass is 10.2. The molecule has 0 bridgehead atoms. The standard InChI is InChI=1S/C15H20N4/c1-10-8-6-7-9-14(10)18-13(4)17(5)19-12(3)11(2)16-15(18)19/h6-9,13H,1-5H3/t13-/m0/s1. The Kier molecular flexibility index (Phi) is 2.55. The van der Waals surface area contributed by atoms with Gasteiger partial charge in [-0.05, 0) is 39.3 Å². The van der Waals surface area contributed by atoms with Gasteiger partial charge >= 0.3 is 0 Å². The first-order valence-corrected chi connectivity index (χ1v) is 6.66. The number of anilines is 2. The zero-order valence-electron chi connectivity index (χ0n) is 12.2. The molecule has 0 spiro atoms. The van der Waals surface area contributed by atoms with Crippen molar-refractivity contribution in [3.8, 4) is 0 Å². The summed E-state index contributed by atoms with van der Waals surface area (Å²) in [5.74, 6) is 1.01. The topological polar surface area (TPSA) is 24.3 Å². The molecule has 100 valence electrons. The van der Waals surface area contributed by atoms with Crippen molar-refractivity contribution >= 4 is 11.6 Å². The monoisotopic (exact) mass is 256 g/mol. The van der Waals surface area contributed by atoms with Crippen molar-refractivity contribution in [3.05, 3.63) is 41.2 Å². The van der Waals surface area contributed by atoms with E-state index in [-0.39, 0.29) is 6.17 Å². The zero-order valence-corrected chi connectivity index (χ0v) is 12.2. The largest absolute Gasteiger partial charge is 0.290 e. The molecule has 0 fully saturated rings. The van der Waals surface area contributed by atoms with Gasteiger partial charge in [0, 0.05) is 12.7 Å². The van der Waals surface area contributed by atoms with Crippen LogP contribution >= 0.6 is 0 Å². The van der Waals surface area contributed by atoms with Gasteiger partial charge in [0.1, 0.15) is 6.17 Å². The molecular formula is C15H20N4. The fourth-order valence-corrected chi connectivity index (χ4v) is 2.76. The maximum Gasteiger partial charge on any atom is 0.231 e. The van der Waals surface area contributed by atoms with Crippen LogP contribution in [0.1, 0.15) is 23.9 Å². The molecule has 0 unspecified atom stereocenters. The van der Waals surface area contributed by atoms with E-state index in [1.165, 1.54) is 16.9 Å². The van der Waals surface area contributed by atoms with Crippen LogP contribution in [0.5, 0.6) is 0 Å². The predicted octanol–water partition coefficient (Wildman–Crippen LogP) is 2.87. The molecule has 0 N–H and O–H groups in total. The average molecular weight is 256 g/mol. The smallest absolute Gasteiger partial charge is 0.231 e. The second-order valence-electron chi connectivity index (χ2n) is 5.26. The summed E-state index contributed by atoms with van der Waals surface area (Å²) in [6.45, 7) is 8.54. The first-order chi connectivity index (χ1) is 9.02. The van der Waals surface area contributed by atoms with Crippen molar-refractivity contribution in [1.29, 1.82) is 0 Å². The molecule has 0 saturated carbocycles. The number of fused-ring (bicyclic) bond motifs is 1. The molecule has 0 saturated heterocycles. The lowest BCUT2D eigenvalue weighted by Crippen LogP contribution is -2.40. The maximum absolute atomic E-state index is 4.74. The Bertz CT molecular complexity index is 629. The van der Waals surface area contributed by atoms with E-state index >= 15 is 0 Å². The molecule has 0 radical (unpaired) electrons. The van der Waals surface area contributed by atoms with Gasteiger partial charge in [-0.25, -0.2) is 9.66 Å². The van der Waals surface area contributed by atoms with E-state index in [4.69, 9.17) is 4.98 Å². The van der Waals surface area contributed by atoms with Crippen LogP contribution in [0.3, 0.4) is 0 Å². The maximum atomic E-state index is 4.74. The Hall–Kier alpha value is -1.97. The van der Waals surface area contributed by atoms with Crippen LogP contribution in [0.15, 0.2) is 24.3 Å². The summed E-state index contributed by atoms with van der Waals surface area (Å²) in [6, 6.07) is 8.47. The van der Waals surface area contributed by atoms with Crippen molar-refractivity contribution in [2.24, 2.45) is 0 Å². The van der Waals surface area contributed by atoms with E-state index < -0.39 is 0 Å². The first kappa shape index (κ1) is 12.1. The van der Waals surface area contributed by atoms with Gasteiger partial charge in [0.15, 0.2) is 0 Å². The lowest BCUT2D eigenvalue weighted by Gasteiger charge is -2.27.